The van der Waals surface area contributed by atoms with Crippen molar-refractivity contribution in [2.75, 3.05) is 18.6 Å². The first-order chi connectivity index (χ1) is 17.0. The highest BCUT2D eigenvalue weighted by Crippen LogP contribution is 2.31. The minimum atomic E-state index is -0.571. The fourth-order valence-corrected chi connectivity index (χ4v) is 4.36. The van der Waals surface area contributed by atoms with Gasteiger partial charge >= 0.3 is 0 Å². The van der Waals surface area contributed by atoms with Crippen LogP contribution in [0.25, 0.3) is 16.8 Å². The van der Waals surface area contributed by atoms with Crippen molar-refractivity contribution in [3.63, 3.8) is 0 Å². The van der Waals surface area contributed by atoms with E-state index in [1.165, 1.54) is 0 Å². The SMILES string of the molecule is COc1cc(N2CCC(NC(=O)c3ccc(-c4ccccc4)cc3)C2=O)ccc1-n1cnc(C)c1. The molecule has 1 unspecified atom stereocenters. The van der Waals surface area contributed by atoms with Gasteiger partial charge in [-0.25, -0.2) is 4.98 Å². The van der Waals surface area contributed by atoms with Crippen LogP contribution in [0.1, 0.15) is 22.5 Å². The van der Waals surface area contributed by atoms with E-state index >= 15 is 0 Å². The highest BCUT2D eigenvalue weighted by atomic mass is 16.5. The lowest BCUT2D eigenvalue weighted by Gasteiger charge is -2.19. The van der Waals surface area contributed by atoms with Crippen LogP contribution >= 0.6 is 0 Å². The van der Waals surface area contributed by atoms with Gasteiger partial charge in [0.15, 0.2) is 0 Å². The molecule has 0 spiro atoms. The monoisotopic (exact) mass is 466 g/mol. The van der Waals surface area contributed by atoms with Gasteiger partial charge in [0.25, 0.3) is 5.91 Å². The molecule has 1 fully saturated rings. The molecule has 5 rings (SSSR count). The summed E-state index contributed by atoms with van der Waals surface area (Å²) in [6.45, 7) is 2.44. The van der Waals surface area contributed by atoms with Crippen molar-refractivity contribution in [2.24, 2.45) is 0 Å². The Morgan fingerprint density at radius 3 is 2.46 bits per heavy atom. The van der Waals surface area contributed by atoms with Crippen molar-refractivity contribution in [3.8, 4) is 22.6 Å². The molecular formula is C28H26N4O3. The lowest BCUT2D eigenvalue weighted by atomic mass is 10.0. The minimum Gasteiger partial charge on any atom is -0.494 e. The van der Waals surface area contributed by atoms with Crippen LogP contribution in [-0.2, 0) is 4.79 Å². The Morgan fingerprint density at radius 1 is 1.03 bits per heavy atom. The van der Waals surface area contributed by atoms with Crippen molar-refractivity contribution in [3.05, 3.63) is 96.6 Å². The number of carbonyl (C=O) groups is 2. The third-order valence-electron chi connectivity index (χ3n) is 6.23. The molecule has 1 aliphatic heterocycles. The van der Waals surface area contributed by atoms with Crippen LogP contribution in [0.4, 0.5) is 5.69 Å². The van der Waals surface area contributed by atoms with Gasteiger partial charge in [0, 0.05) is 30.1 Å². The molecule has 0 bridgehead atoms. The van der Waals surface area contributed by atoms with E-state index in [1.54, 1.807) is 30.5 Å². The molecule has 1 atom stereocenters. The number of anilines is 1. The fraction of sp³-hybridized carbons (Fsp3) is 0.179. The number of methoxy groups -OCH3 is 1. The molecule has 1 saturated heterocycles. The van der Waals surface area contributed by atoms with Crippen LogP contribution in [0.2, 0.25) is 0 Å². The third kappa shape index (κ3) is 4.53. The van der Waals surface area contributed by atoms with E-state index in [4.69, 9.17) is 4.74 Å². The smallest absolute Gasteiger partial charge is 0.251 e. The zero-order chi connectivity index (χ0) is 24.4. The number of nitrogens with one attached hydrogen (secondary N) is 1. The van der Waals surface area contributed by atoms with Gasteiger partial charge in [0.2, 0.25) is 5.91 Å². The fourth-order valence-electron chi connectivity index (χ4n) is 4.36. The number of aromatic nitrogens is 2. The molecule has 2 heterocycles. The first kappa shape index (κ1) is 22.4. The van der Waals surface area contributed by atoms with Crippen molar-refractivity contribution in [2.45, 2.75) is 19.4 Å². The largest absolute Gasteiger partial charge is 0.494 e. The van der Waals surface area contributed by atoms with Gasteiger partial charge in [0.1, 0.15) is 11.8 Å². The van der Waals surface area contributed by atoms with Gasteiger partial charge in [-0.2, -0.15) is 0 Å². The van der Waals surface area contributed by atoms with Crippen LogP contribution < -0.4 is 15.0 Å². The Morgan fingerprint density at radius 2 is 1.77 bits per heavy atom. The number of rotatable bonds is 6. The zero-order valence-corrected chi connectivity index (χ0v) is 19.6. The molecule has 7 nitrogen and oxygen atoms in total. The average Bonchev–Trinajstić information content (AvgIpc) is 3.49. The highest BCUT2D eigenvalue weighted by Gasteiger charge is 2.34. The number of ether oxygens (including phenoxy) is 1. The molecule has 1 aromatic heterocycles. The molecule has 0 aliphatic carbocycles. The molecule has 35 heavy (non-hydrogen) atoms. The van der Waals surface area contributed by atoms with E-state index in [0.717, 1.165) is 28.2 Å². The Hall–Kier alpha value is -4.39. The number of carbonyl (C=O) groups excluding carboxylic acids is 2. The van der Waals surface area contributed by atoms with E-state index < -0.39 is 6.04 Å². The Bertz CT molecular complexity index is 1360. The van der Waals surface area contributed by atoms with Crippen LogP contribution in [0.5, 0.6) is 5.75 Å². The van der Waals surface area contributed by atoms with Gasteiger partial charge in [-0.1, -0.05) is 42.5 Å². The van der Waals surface area contributed by atoms with Crippen LogP contribution in [0.15, 0.2) is 85.3 Å². The molecule has 2 amide bonds. The number of hydrogen-bond acceptors (Lipinski definition) is 4. The summed E-state index contributed by atoms with van der Waals surface area (Å²) >= 11 is 0. The summed E-state index contributed by atoms with van der Waals surface area (Å²) in [7, 11) is 1.60. The molecule has 7 heteroatoms. The summed E-state index contributed by atoms with van der Waals surface area (Å²) in [5, 5.41) is 2.90. The average molecular weight is 467 g/mol. The van der Waals surface area contributed by atoms with Gasteiger partial charge < -0.3 is 19.5 Å². The number of amides is 2. The van der Waals surface area contributed by atoms with E-state index in [0.29, 0.717) is 24.3 Å². The second-order valence-corrected chi connectivity index (χ2v) is 8.53. The van der Waals surface area contributed by atoms with Crippen molar-refractivity contribution >= 4 is 17.5 Å². The summed E-state index contributed by atoms with van der Waals surface area (Å²) in [5.41, 5.74) is 5.12. The summed E-state index contributed by atoms with van der Waals surface area (Å²) < 4.78 is 7.46. The predicted molar refractivity (Wildman–Crippen MR) is 135 cm³/mol. The second kappa shape index (κ2) is 9.46. The quantitative estimate of drug-likeness (QED) is 0.457. The normalized spacial score (nSPS) is 15.3. The number of nitrogens with zero attached hydrogens (tertiary/aromatic N) is 3. The van der Waals surface area contributed by atoms with Crippen molar-refractivity contribution in [1.82, 2.24) is 14.9 Å². The van der Waals surface area contributed by atoms with Gasteiger partial charge in [0.05, 0.1) is 24.8 Å². The van der Waals surface area contributed by atoms with E-state index in [-0.39, 0.29) is 11.8 Å². The number of hydrogen-bond donors (Lipinski definition) is 1. The molecule has 4 aromatic rings. The second-order valence-electron chi connectivity index (χ2n) is 8.53. The van der Waals surface area contributed by atoms with E-state index in [1.807, 2.05) is 78.4 Å². The number of aryl methyl sites for hydroxylation is 1. The molecule has 1 N–H and O–H groups in total. The van der Waals surface area contributed by atoms with Gasteiger partial charge in [-0.05, 0) is 48.7 Å². The van der Waals surface area contributed by atoms with Gasteiger partial charge in [-0.3, -0.25) is 9.59 Å². The summed E-state index contributed by atoms with van der Waals surface area (Å²) in [4.78, 5) is 31.9. The molecule has 0 saturated carbocycles. The van der Waals surface area contributed by atoms with Crippen molar-refractivity contribution in [1.29, 1.82) is 0 Å². The number of imidazole rings is 1. The number of benzene rings is 3. The maximum atomic E-state index is 13.1. The first-order valence-corrected chi connectivity index (χ1v) is 11.5. The van der Waals surface area contributed by atoms with Crippen LogP contribution in [0, 0.1) is 6.92 Å². The standard InChI is InChI=1S/C28H26N4O3/c1-19-17-31(18-29-19)25-13-12-23(16-26(25)35-2)32-15-14-24(28(32)34)30-27(33)22-10-8-21(9-11-22)20-6-4-3-5-7-20/h3-13,16-18,24H,14-15H2,1-2H3,(H,30,33). The Balaban J connectivity index is 1.28. The van der Waals surface area contributed by atoms with E-state index in [2.05, 4.69) is 10.3 Å². The molecule has 0 radical (unpaired) electrons. The van der Waals surface area contributed by atoms with Gasteiger partial charge in [-0.15, -0.1) is 0 Å². The molecule has 176 valence electrons. The van der Waals surface area contributed by atoms with E-state index in [9.17, 15) is 9.59 Å². The maximum Gasteiger partial charge on any atom is 0.251 e. The summed E-state index contributed by atoms with van der Waals surface area (Å²) in [5.74, 6) is 0.249. The maximum absolute atomic E-state index is 13.1. The minimum absolute atomic E-state index is 0.132. The lowest BCUT2D eigenvalue weighted by Crippen LogP contribution is -2.41. The highest BCUT2D eigenvalue weighted by molar-refractivity contribution is 6.04. The molecule has 1 aliphatic rings. The first-order valence-electron chi connectivity index (χ1n) is 11.5. The zero-order valence-electron chi connectivity index (χ0n) is 19.6. The van der Waals surface area contributed by atoms with Crippen LogP contribution in [-0.4, -0.2) is 41.1 Å². The topological polar surface area (TPSA) is 76.5 Å². The Labute approximate surface area is 204 Å². The Kier molecular flexibility index (Phi) is 6.06. The summed E-state index contributed by atoms with van der Waals surface area (Å²) in [6.07, 6.45) is 4.18. The third-order valence-corrected chi connectivity index (χ3v) is 6.23. The van der Waals surface area contributed by atoms with Crippen molar-refractivity contribution < 1.29 is 14.3 Å². The molecular weight excluding hydrogens is 440 g/mol. The predicted octanol–water partition coefficient (Wildman–Crippen LogP) is 4.39. The summed E-state index contributed by atoms with van der Waals surface area (Å²) in [6, 6.07) is 22.5. The lowest BCUT2D eigenvalue weighted by molar-refractivity contribution is -0.118. The molecule has 3 aromatic carbocycles. The van der Waals surface area contributed by atoms with Crippen LogP contribution in [0.3, 0.4) is 0 Å².